The number of anilines is 1. The van der Waals surface area contributed by atoms with E-state index < -0.39 is 21.9 Å². The minimum absolute atomic E-state index is 0.0173. The van der Waals surface area contributed by atoms with Gasteiger partial charge in [-0.1, -0.05) is 12.1 Å². The summed E-state index contributed by atoms with van der Waals surface area (Å²) in [5.41, 5.74) is 1.02. The number of amides is 1. The van der Waals surface area contributed by atoms with E-state index in [0.29, 0.717) is 11.3 Å². The summed E-state index contributed by atoms with van der Waals surface area (Å²) >= 11 is 3.21. The van der Waals surface area contributed by atoms with Gasteiger partial charge in [0, 0.05) is 16.6 Å². The molecule has 25 heavy (non-hydrogen) atoms. The molecule has 9 heteroatoms. The molecule has 132 valence electrons. The number of sulfonamides is 1. The standard InChI is InChI=1S/C16H14BrFN2O4S/c1-9(10-2-4-11(18)5-3-10)20-25(22,23)15-7-14-13(6-12(15)17)19-16(21)8-24-14/h2-7,9,20H,8H2,1H3,(H,19,21)/t9-/m0/s1. The Morgan fingerprint density at radius 2 is 1.96 bits per heavy atom. The third-order valence-corrected chi connectivity index (χ3v) is 6.16. The fourth-order valence-electron chi connectivity index (χ4n) is 2.40. The molecule has 0 fully saturated rings. The van der Waals surface area contributed by atoms with Crippen LogP contribution in [0, 0.1) is 5.82 Å². The normalized spacial score (nSPS) is 15.1. The molecule has 0 saturated heterocycles. The molecule has 1 amide bonds. The van der Waals surface area contributed by atoms with Crippen LogP contribution in [0.1, 0.15) is 18.5 Å². The van der Waals surface area contributed by atoms with Gasteiger partial charge in [-0.15, -0.1) is 0 Å². The van der Waals surface area contributed by atoms with Crippen molar-refractivity contribution in [3.63, 3.8) is 0 Å². The molecule has 2 aromatic carbocycles. The number of carbonyl (C=O) groups excluding carboxylic acids is 1. The largest absolute Gasteiger partial charge is 0.482 e. The van der Waals surface area contributed by atoms with Crippen molar-refractivity contribution in [1.82, 2.24) is 4.72 Å². The smallest absolute Gasteiger partial charge is 0.262 e. The molecule has 1 aliphatic heterocycles. The minimum Gasteiger partial charge on any atom is -0.482 e. The van der Waals surface area contributed by atoms with Gasteiger partial charge in [0.1, 0.15) is 16.5 Å². The summed E-state index contributed by atoms with van der Waals surface area (Å²) < 4.78 is 46.5. The highest BCUT2D eigenvalue weighted by Crippen LogP contribution is 2.36. The second-order valence-electron chi connectivity index (χ2n) is 5.51. The summed E-state index contributed by atoms with van der Waals surface area (Å²) in [7, 11) is -3.88. The Bertz CT molecular complexity index is 932. The van der Waals surface area contributed by atoms with Crippen molar-refractivity contribution in [2.24, 2.45) is 0 Å². The molecule has 6 nitrogen and oxygen atoms in total. The first-order valence-electron chi connectivity index (χ1n) is 7.30. The quantitative estimate of drug-likeness (QED) is 0.783. The molecule has 0 unspecified atom stereocenters. The maximum Gasteiger partial charge on any atom is 0.262 e. The Hall–Kier alpha value is -1.97. The molecule has 0 saturated carbocycles. The molecular formula is C16H14BrFN2O4S. The lowest BCUT2D eigenvalue weighted by Gasteiger charge is -2.20. The van der Waals surface area contributed by atoms with Crippen molar-refractivity contribution in [2.45, 2.75) is 17.9 Å². The van der Waals surface area contributed by atoms with Gasteiger partial charge < -0.3 is 10.1 Å². The third-order valence-electron chi connectivity index (χ3n) is 3.66. The zero-order chi connectivity index (χ0) is 18.2. The Balaban J connectivity index is 1.89. The van der Waals surface area contributed by atoms with Crippen molar-refractivity contribution in [3.05, 3.63) is 52.3 Å². The average Bonchev–Trinajstić information content (AvgIpc) is 2.54. The molecule has 0 aliphatic carbocycles. The summed E-state index contributed by atoms with van der Waals surface area (Å²) in [6.45, 7) is 1.49. The SMILES string of the molecule is C[C@H](NS(=O)(=O)c1cc2c(cc1Br)NC(=O)CO2)c1ccc(F)cc1. The molecule has 1 atom stereocenters. The van der Waals surface area contributed by atoms with Crippen LogP contribution in [0.4, 0.5) is 10.1 Å². The number of rotatable bonds is 4. The fraction of sp³-hybridized carbons (Fsp3) is 0.188. The van der Waals surface area contributed by atoms with E-state index >= 15 is 0 Å². The lowest BCUT2D eigenvalue weighted by atomic mass is 10.1. The second-order valence-corrected chi connectivity index (χ2v) is 8.05. The van der Waals surface area contributed by atoms with Crippen molar-refractivity contribution in [1.29, 1.82) is 0 Å². The number of benzene rings is 2. The van der Waals surface area contributed by atoms with Crippen LogP contribution in [0.2, 0.25) is 0 Å². The highest BCUT2D eigenvalue weighted by Gasteiger charge is 2.25. The highest BCUT2D eigenvalue weighted by atomic mass is 79.9. The van der Waals surface area contributed by atoms with Crippen LogP contribution in [0.15, 0.2) is 45.8 Å². The number of hydrogen-bond acceptors (Lipinski definition) is 4. The van der Waals surface area contributed by atoms with Gasteiger partial charge in [0.05, 0.1) is 5.69 Å². The number of fused-ring (bicyclic) bond motifs is 1. The predicted molar refractivity (Wildman–Crippen MR) is 93.4 cm³/mol. The van der Waals surface area contributed by atoms with Crippen LogP contribution in [0.5, 0.6) is 5.75 Å². The Kier molecular flexibility index (Phi) is 4.81. The maximum atomic E-state index is 13.0. The van der Waals surface area contributed by atoms with E-state index in [1.54, 1.807) is 6.92 Å². The second kappa shape index (κ2) is 6.74. The van der Waals surface area contributed by atoms with E-state index in [1.807, 2.05) is 0 Å². The van der Waals surface area contributed by atoms with Gasteiger partial charge in [0.15, 0.2) is 6.61 Å². The van der Waals surface area contributed by atoms with Crippen LogP contribution in [0.3, 0.4) is 0 Å². The third kappa shape index (κ3) is 3.83. The topological polar surface area (TPSA) is 84.5 Å². The van der Waals surface area contributed by atoms with Crippen molar-refractivity contribution < 1.29 is 22.3 Å². The van der Waals surface area contributed by atoms with Gasteiger partial charge in [0.25, 0.3) is 5.91 Å². The summed E-state index contributed by atoms with van der Waals surface area (Å²) in [4.78, 5) is 11.3. The molecular weight excluding hydrogens is 415 g/mol. The number of nitrogens with one attached hydrogen (secondary N) is 2. The van der Waals surface area contributed by atoms with Gasteiger partial charge in [-0.25, -0.2) is 17.5 Å². The van der Waals surface area contributed by atoms with Crippen molar-refractivity contribution in [2.75, 3.05) is 11.9 Å². The summed E-state index contributed by atoms with van der Waals surface area (Å²) in [6, 6.07) is 7.83. The lowest BCUT2D eigenvalue weighted by Crippen LogP contribution is -2.28. The predicted octanol–water partition coefficient (Wildman–Crippen LogP) is 2.96. The van der Waals surface area contributed by atoms with Gasteiger partial charge in [0.2, 0.25) is 10.0 Å². The van der Waals surface area contributed by atoms with Crippen LogP contribution in [0.25, 0.3) is 0 Å². The summed E-state index contributed by atoms with van der Waals surface area (Å²) in [6.07, 6.45) is 0. The molecule has 2 N–H and O–H groups in total. The molecule has 3 rings (SSSR count). The van der Waals surface area contributed by atoms with Crippen molar-refractivity contribution >= 4 is 37.5 Å². The zero-order valence-electron chi connectivity index (χ0n) is 13.0. The van der Waals surface area contributed by atoms with E-state index in [4.69, 9.17) is 4.74 Å². The Morgan fingerprint density at radius 1 is 1.28 bits per heavy atom. The van der Waals surface area contributed by atoms with Gasteiger partial charge in [-0.05, 0) is 46.6 Å². The molecule has 0 bridgehead atoms. The van der Waals surface area contributed by atoms with Gasteiger partial charge >= 0.3 is 0 Å². The fourth-order valence-corrected chi connectivity index (χ4v) is 4.69. The first-order chi connectivity index (χ1) is 11.8. The monoisotopic (exact) mass is 428 g/mol. The van der Waals surface area contributed by atoms with E-state index in [1.165, 1.54) is 36.4 Å². The van der Waals surface area contributed by atoms with Crippen molar-refractivity contribution in [3.8, 4) is 5.75 Å². The van der Waals surface area contributed by atoms with Crippen LogP contribution >= 0.6 is 15.9 Å². The molecule has 0 radical (unpaired) electrons. The van der Waals surface area contributed by atoms with Gasteiger partial charge in [-0.2, -0.15) is 0 Å². The van der Waals surface area contributed by atoms with Crippen LogP contribution < -0.4 is 14.8 Å². The highest BCUT2D eigenvalue weighted by molar-refractivity contribution is 9.10. The average molecular weight is 429 g/mol. The molecule has 0 aromatic heterocycles. The summed E-state index contributed by atoms with van der Waals surface area (Å²) in [5, 5.41) is 2.61. The van der Waals surface area contributed by atoms with Gasteiger partial charge in [-0.3, -0.25) is 4.79 Å². The van der Waals surface area contributed by atoms with E-state index in [0.717, 1.165) is 0 Å². The minimum atomic E-state index is -3.88. The number of ether oxygens (including phenoxy) is 1. The van der Waals surface area contributed by atoms with E-state index in [-0.39, 0.29) is 27.6 Å². The van der Waals surface area contributed by atoms with Crippen LogP contribution in [-0.4, -0.2) is 20.9 Å². The lowest BCUT2D eigenvalue weighted by molar-refractivity contribution is -0.118. The first-order valence-corrected chi connectivity index (χ1v) is 9.58. The van der Waals surface area contributed by atoms with E-state index in [9.17, 15) is 17.6 Å². The number of hydrogen-bond donors (Lipinski definition) is 2. The molecule has 1 heterocycles. The maximum absolute atomic E-state index is 13.0. The Labute approximate surface area is 152 Å². The zero-order valence-corrected chi connectivity index (χ0v) is 15.4. The van der Waals surface area contributed by atoms with E-state index in [2.05, 4.69) is 26.0 Å². The number of halogens is 2. The number of carbonyl (C=O) groups is 1. The molecule has 1 aliphatic rings. The first kappa shape index (κ1) is 17.8. The molecule has 2 aromatic rings. The summed E-state index contributed by atoms with van der Waals surface area (Å²) in [5.74, 6) is -0.425. The molecule has 0 spiro atoms. The van der Waals surface area contributed by atoms with Crippen LogP contribution in [-0.2, 0) is 14.8 Å². The Morgan fingerprint density at radius 3 is 2.64 bits per heavy atom.